The lowest BCUT2D eigenvalue weighted by Gasteiger charge is -2.05. The van der Waals surface area contributed by atoms with Gasteiger partial charge in [-0.05, 0) is 36.6 Å². The van der Waals surface area contributed by atoms with Gasteiger partial charge in [0, 0.05) is 30.2 Å². The predicted molar refractivity (Wildman–Crippen MR) is 113 cm³/mol. The molecule has 3 aromatic rings. The van der Waals surface area contributed by atoms with Gasteiger partial charge in [-0.2, -0.15) is 0 Å². The molecular formula is C23H24N2O2S. The highest BCUT2D eigenvalue weighted by Gasteiger charge is 2.11. The third-order valence-electron chi connectivity index (χ3n) is 4.67. The van der Waals surface area contributed by atoms with E-state index < -0.39 is 0 Å². The fourth-order valence-corrected chi connectivity index (χ4v) is 3.67. The molecule has 0 saturated carbocycles. The minimum Gasteiger partial charge on any atom is -0.350 e. The summed E-state index contributed by atoms with van der Waals surface area (Å²) < 4.78 is 0. The molecule has 0 aliphatic heterocycles. The molecule has 28 heavy (non-hydrogen) atoms. The van der Waals surface area contributed by atoms with Crippen LogP contribution in [0.15, 0.2) is 53.9 Å². The quantitative estimate of drug-likeness (QED) is 0.569. The molecule has 0 aliphatic rings. The van der Waals surface area contributed by atoms with Gasteiger partial charge in [-0.3, -0.25) is 9.59 Å². The molecule has 5 heteroatoms. The third-order valence-corrected chi connectivity index (χ3v) is 5.57. The minimum absolute atomic E-state index is 0.00273. The Kier molecular flexibility index (Phi) is 6.71. The first-order chi connectivity index (χ1) is 13.5. The normalized spacial score (nSPS) is 10.6. The van der Waals surface area contributed by atoms with Gasteiger partial charge in [0.1, 0.15) is 0 Å². The van der Waals surface area contributed by atoms with Crippen LogP contribution in [0.2, 0.25) is 0 Å². The highest BCUT2D eigenvalue weighted by atomic mass is 32.1. The summed E-state index contributed by atoms with van der Waals surface area (Å²) in [5.41, 5.74) is 4.98. The summed E-state index contributed by atoms with van der Waals surface area (Å²) in [6.07, 6.45) is 1.20. The molecule has 1 amide bonds. The fourth-order valence-electron chi connectivity index (χ4n) is 2.85. The van der Waals surface area contributed by atoms with Crippen molar-refractivity contribution in [3.05, 3.63) is 86.9 Å². The molecule has 1 N–H and O–H groups in total. The van der Waals surface area contributed by atoms with Crippen LogP contribution in [0, 0.1) is 13.8 Å². The zero-order valence-electron chi connectivity index (χ0n) is 16.2. The second kappa shape index (κ2) is 9.42. The van der Waals surface area contributed by atoms with E-state index in [1.54, 1.807) is 11.3 Å². The van der Waals surface area contributed by atoms with E-state index in [9.17, 15) is 9.59 Å². The topological polar surface area (TPSA) is 59.1 Å². The maximum atomic E-state index is 12.3. The summed E-state index contributed by atoms with van der Waals surface area (Å²) in [7, 11) is 0. The van der Waals surface area contributed by atoms with Crippen LogP contribution in [0.1, 0.15) is 50.6 Å². The predicted octanol–water partition coefficient (Wildman–Crippen LogP) is 4.63. The highest BCUT2D eigenvalue weighted by molar-refractivity contribution is 7.09. The van der Waals surface area contributed by atoms with E-state index >= 15 is 0 Å². The zero-order chi connectivity index (χ0) is 19.9. The molecule has 0 fully saturated rings. The lowest BCUT2D eigenvalue weighted by Crippen LogP contribution is -2.23. The lowest BCUT2D eigenvalue weighted by molar-refractivity contribution is -0.121. The van der Waals surface area contributed by atoms with Crippen LogP contribution in [0.3, 0.4) is 0 Å². The first-order valence-electron chi connectivity index (χ1n) is 9.35. The molecule has 1 aromatic heterocycles. The first kappa shape index (κ1) is 20.0. The zero-order valence-corrected chi connectivity index (χ0v) is 17.0. The van der Waals surface area contributed by atoms with Crippen molar-refractivity contribution in [3.63, 3.8) is 0 Å². The smallest absolute Gasteiger partial charge is 0.220 e. The van der Waals surface area contributed by atoms with E-state index in [2.05, 4.69) is 22.4 Å². The van der Waals surface area contributed by atoms with Crippen molar-refractivity contribution in [1.29, 1.82) is 0 Å². The highest BCUT2D eigenvalue weighted by Crippen LogP contribution is 2.15. The number of hydrogen-bond acceptors (Lipinski definition) is 4. The number of Topliss-reactive ketones (excluding diaryl/α,β-unsaturated/α-hetero) is 1. The summed E-state index contributed by atoms with van der Waals surface area (Å²) in [6.45, 7) is 4.39. The van der Waals surface area contributed by atoms with Gasteiger partial charge in [0.25, 0.3) is 0 Å². The number of nitrogens with zero attached hydrogens (tertiary/aromatic N) is 1. The van der Waals surface area contributed by atoms with Crippen LogP contribution in [0.5, 0.6) is 0 Å². The number of hydrogen-bond donors (Lipinski definition) is 1. The van der Waals surface area contributed by atoms with Crippen molar-refractivity contribution < 1.29 is 9.59 Å². The largest absolute Gasteiger partial charge is 0.350 e. The Morgan fingerprint density at radius 3 is 2.54 bits per heavy atom. The van der Waals surface area contributed by atoms with E-state index in [0.29, 0.717) is 12.1 Å². The van der Waals surface area contributed by atoms with Crippen LogP contribution in [0.4, 0.5) is 0 Å². The lowest BCUT2D eigenvalue weighted by atomic mass is 10.0. The van der Waals surface area contributed by atoms with E-state index in [1.807, 2.05) is 55.6 Å². The van der Waals surface area contributed by atoms with Crippen LogP contribution >= 0.6 is 11.3 Å². The number of aromatic nitrogens is 1. The van der Waals surface area contributed by atoms with Gasteiger partial charge in [0.15, 0.2) is 5.78 Å². The number of rotatable bonds is 8. The van der Waals surface area contributed by atoms with Crippen LogP contribution in [-0.4, -0.2) is 16.7 Å². The number of ketones is 1. The average molecular weight is 393 g/mol. The number of nitrogens with one attached hydrogen (secondary N) is 1. The molecule has 3 rings (SSSR count). The van der Waals surface area contributed by atoms with Crippen LogP contribution in [-0.2, 0) is 17.8 Å². The summed E-state index contributed by atoms with van der Waals surface area (Å²) in [5, 5.41) is 5.86. The molecule has 144 valence electrons. The molecule has 0 unspecified atom stereocenters. The fraction of sp³-hybridized carbons (Fsp3) is 0.261. The van der Waals surface area contributed by atoms with Gasteiger partial charge in [-0.15, -0.1) is 11.3 Å². The molecule has 1 heterocycles. The van der Waals surface area contributed by atoms with Gasteiger partial charge >= 0.3 is 0 Å². The molecule has 0 radical (unpaired) electrons. The Morgan fingerprint density at radius 1 is 1.00 bits per heavy atom. The number of amides is 1. The second-order valence-corrected chi connectivity index (χ2v) is 7.84. The second-order valence-electron chi connectivity index (χ2n) is 6.89. The number of carbonyl (C=O) groups excluding carboxylic acids is 2. The standard InChI is InChI=1S/C23H24N2O2S/c1-16-8-9-19(12-17(16)2)21(26)10-11-22(27)24-14-20-15-28-23(25-20)13-18-6-4-3-5-7-18/h3-9,12,15H,10-11,13-14H2,1-2H3,(H,24,27). The molecule has 0 atom stereocenters. The maximum absolute atomic E-state index is 12.3. The van der Waals surface area contributed by atoms with Crippen molar-refractivity contribution in [2.24, 2.45) is 0 Å². The SMILES string of the molecule is Cc1ccc(C(=O)CCC(=O)NCc2csc(Cc3ccccc3)n2)cc1C. The number of benzene rings is 2. The third kappa shape index (κ3) is 5.60. The Labute approximate surface area is 169 Å². The Bertz CT molecular complexity index is 964. The van der Waals surface area contributed by atoms with Gasteiger partial charge < -0.3 is 5.32 Å². The van der Waals surface area contributed by atoms with Gasteiger partial charge in [0.05, 0.1) is 17.2 Å². The van der Waals surface area contributed by atoms with Gasteiger partial charge in [-0.1, -0.05) is 42.5 Å². The number of thiazole rings is 1. The molecule has 0 spiro atoms. The van der Waals surface area contributed by atoms with Crippen molar-refractivity contribution >= 4 is 23.0 Å². The van der Waals surface area contributed by atoms with Crippen molar-refractivity contribution in [1.82, 2.24) is 10.3 Å². The van der Waals surface area contributed by atoms with E-state index in [-0.39, 0.29) is 24.5 Å². The summed E-state index contributed by atoms with van der Waals surface area (Å²) in [4.78, 5) is 28.9. The van der Waals surface area contributed by atoms with E-state index in [1.165, 1.54) is 5.56 Å². The first-order valence-corrected chi connectivity index (χ1v) is 10.2. The Hall–Kier alpha value is -2.79. The average Bonchev–Trinajstić information content (AvgIpc) is 3.14. The summed E-state index contributed by atoms with van der Waals surface area (Å²) in [6, 6.07) is 15.8. The molecule has 0 saturated heterocycles. The Morgan fingerprint density at radius 2 is 1.79 bits per heavy atom. The van der Waals surface area contributed by atoms with Crippen molar-refractivity contribution in [2.75, 3.05) is 0 Å². The van der Waals surface area contributed by atoms with Crippen molar-refractivity contribution in [3.8, 4) is 0 Å². The minimum atomic E-state index is -0.130. The van der Waals surface area contributed by atoms with Gasteiger partial charge in [-0.25, -0.2) is 4.98 Å². The maximum Gasteiger partial charge on any atom is 0.220 e. The Balaban J connectivity index is 1.44. The van der Waals surface area contributed by atoms with Crippen LogP contribution < -0.4 is 5.32 Å². The summed E-state index contributed by atoms with van der Waals surface area (Å²) in [5.74, 6) is -0.133. The monoisotopic (exact) mass is 392 g/mol. The van der Waals surface area contributed by atoms with E-state index in [4.69, 9.17) is 0 Å². The molecule has 0 aliphatic carbocycles. The van der Waals surface area contributed by atoms with Crippen LogP contribution in [0.25, 0.3) is 0 Å². The molecular weight excluding hydrogens is 368 g/mol. The van der Waals surface area contributed by atoms with E-state index in [0.717, 1.165) is 28.2 Å². The molecule has 4 nitrogen and oxygen atoms in total. The number of aryl methyl sites for hydroxylation is 2. The van der Waals surface area contributed by atoms with Crippen molar-refractivity contribution in [2.45, 2.75) is 39.7 Å². The molecule has 0 bridgehead atoms. The van der Waals surface area contributed by atoms with Gasteiger partial charge in [0.2, 0.25) is 5.91 Å². The number of carbonyl (C=O) groups is 2. The molecule has 2 aromatic carbocycles. The summed E-state index contributed by atoms with van der Waals surface area (Å²) >= 11 is 1.60.